The number of esters is 4. The van der Waals surface area contributed by atoms with E-state index in [1.54, 1.807) is 0 Å². The Hall–Kier alpha value is -0.640. The van der Waals surface area contributed by atoms with Gasteiger partial charge in [-0.15, -0.1) is 0 Å². The number of carbonyl (C=O) groups is 4. The van der Waals surface area contributed by atoms with Crippen LogP contribution in [0.1, 0.15) is 48.5 Å². The van der Waals surface area contributed by atoms with Gasteiger partial charge in [0.1, 0.15) is 18.8 Å². The molecule has 0 aromatic heterocycles. The van der Waals surface area contributed by atoms with Crippen molar-refractivity contribution in [1.82, 2.24) is 0 Å². The van der Waals surface area contributed by atoms with E-state index < -0.39 is 53.7 Å². The van der Waals surface area contributed by atoms with Gasteiger partial charge in [-0.3, -0.25) is 19.2 Å². The molecule has 1 fully saturated rings. The number of ether oxygens (including phenoxy) is 5. The first-order valence-electron chi connectivity index (χ1n) is 10.3. The molecular formula is C20H35AuO9PS+. The first-order chi connectivity index (χ1) is 14.5. The second kappa shape index (κ2) is 17.8. The van der Waals surface area contributed by atoms with Crippen LogP contribution in [-0.2, 0) is 77.9 Å². The van der Waals surface area contributed by atoms with E-state index in [-0.39, 0.29) is 36.9 Å². The van der Waals surface area contributed by atoms with Crippen molar-refractivity contribution in [2.24, 2.45) is 0 Å². The second-order valence-electron chi connectivity index (χ2n) is 6.88. The molecule has 0 aromatic carbocycles. The van der Waals surface area contributed by atoms with Gasteiger partial charge in [-0.05, 0) is 34.1 Å². The summed E-state index contributed by atoms with van der Waals surface area (Å²) in [6.07, 6.45) is -0.107. The first-order valence-corrected chi connectivity index (χ1v) is 12.9. The average molecular weight is 679 g/mol. The van der Waals surface area contributed by atoms with Gasteiger partial charge < -0.3 is 36.3 Å². The zero-order valence-electron chi connectivity index (χ0n) is 19.6. The average Bonchev–Trinajstić information content (AvgIpc) is 2.66. The predicted molar refractivity (Wildman–Crippen MR) is 119 cm³/mol. The molecule has 0 saturated carbocycles. The van der Waals surface area contributed by atoms with Gasteiger partial charge in [0.2, 0.25) is 0 Å². The molecule has 12 heteroatoms. The Morgan fingerprint density at radius 3 is 1.50 bits per heavy atom. The van der Waals surface area contributed by atoms with Crippen LogP contribution in [-0.4, -0.2) is 78.8 Å². The fourth-order valence-electron chi connectivity index (χ4n) is 2.94. The summed E-state index contributed by atoms with van der Waals surface area (Å²) in [5, 5.41) is 0. The topological polar surface area (TPSA) is 114 Å². The summed E-state index contributed by atoms with van der Waals surface area (Å²) < 4.78 is 25.7. The molecule has 1 aliphatic heterocycles. The number of carbonyl (C=O) groups excluding carboxylic acids is 4. The Kier molecular flexibility index (Phi) is 18.6. The zero-order chi connectivity index (χ0) is 24.1. The molecule has 0 amide bonds. The van der Waals surface area contributed by atoms with Gasteiger partial charge in [0, 0.05) is 27.7 Å². The molecule has 1 heterocycles. The molecule has 0 aliphatic carbocycles. The largest absolute Gasteiger partial charge is 1.00 e. The van der Waals surface area contributed by atoms with Crippen LogP contribution in [0.4, 0.5) is 0 Å². The van der Waals surface area contributed by atoms with Crippen molar-refractivity contribution in [1.29, 1.82) is 0 Å². The zero-order valence-corrected chi connectivity index (χ0v) is 23.6. The molecule has 0 aromatic rings. The smallest absolute Gasteiger partial charge is 0.757 e. The fraction of sp³-hybridized carbons (Fsp3) is 0.800. The summed E-state index contributed by atoms with van der Waals surface area (Å²) in [5.41, 5.74) is -1.09. The van der Waals surface area contributed by atoms with E-state index in [1.807, 2.05) is 0 Å². The minimum absolute atomic E-state index is 0. The van der Waals surface area contributed by atoms with E-state index in [4.69, 9.17) is 36.3 Å². The summed E-state index contributed by atoms with van der Waals surface area (Å²) in [6, 6.07) is 0. The van der Waals surface area contributed by atoms with Crippen molar-refractivity contribution >= 4 is 44.4 Å². The van der Waals surface area contributed by atoms with E-state index in [2.05, 4.69) is 20.8 Å². The maximum Gasteiger partial charge on any atom is 1.00 e. The molecule has 190 valence electrons. The molecule has 0 spiro atoms. The Morgan fingerprint density at radius 1 is 0.750 bits per heavy atom. The molecule has 32 heavy (non-hydrogen) atoms. The van der Waals surface area contributed by atoms with Crippen molar-refractivity contribution in [3.63, 3.8) is 0 Å². The van der Waals surface area contributed by atoms with Gasteiger partial charge in [-0.25, -0.2) is 0 Å². The summed E-state index contributed by atoms with van der Waals surface area (Å²) in [6.45, 7) is 11.3. The Balaban J connectivity index is 0. The molecule has 5 atom stereocenters. The van der Waals surface area contributed by atoms with Crippen LogP contribution in [0.2, 0.25) is 0 Å². The normalized spacial score (nSPS) is 24.2. The number of rotatable bonds is 8. The number of hydrogen-bond donors (Lipinski definition) is 0. The Morgan fingerprint density at radius 2 is 1.16 bits per heavy atom. The second-order valence-corrected chi connectivity index (χ2v) is 11.0. The predicted octanol–water partition coefficient (Wildman–Crippen LogP) is 1.87. The van der Waals surface area contributed by atoms with Gasteiger partial charge in [-0.1, -0.05) is 0 Å². The third kappa shape index (κ3) is 13.2. The van der Waals surface area contributed by atoms with E-state index in [0.29, 0.717) is 0 Å². The summed E-state index contributed by atoms with van der Waals surface area (Å²) in [7, 11) is 0.137. The van der Waals surface area contributed by atoms with E-state index in [0.717, 1.165) is 20.8 Å². The quantitative estimate of drug-likeness (QED) is 0.124. The monoisotopic (exact) mass is 679 g/mol. The standard InChI is InChI=1S/C14H20O9S.C6H15P.Au/c1-6(15)19-5-10-11(20-7(2)16)12(21-8(3)17)13(14(24)23-10)22-9(4)18;1-4-7(5-2)6-3;/h10-14,24H,5H2,1-4H3;4-6H2,1-3H3;/q;;+1. The minimum atomic E-state index is -1.19. The van der Waals surface area contributed by atoms with Crippen LogP contribution >= 0.6 is 7.92 Å². The van der Waals surface area contributed by atoms with E-state index in [1.165, 1.54) is 25.4 Å². The van der Waals surface area contributed by atoms with Gasteiger partial charge in [0.05, 0.1) is 18.5 Å². The van der Waals surface area contributed by atoms with Crippen molar-refractivity contribution < 1.29 is 65.2 Å². The van der Waals surface area contributed by atoms with Gasteiger partial charge in [-0.2, -0.15) is 0 Å². The minimum Gasteiger partial charge on any atom is -0.757 e. The number of hydrogen-bond acceptors (Lipinski definition) is 10. The van der Waals surface area contributed by atoms with Crippen molar-refractivity contribution in [3.8, 4) is 0 Å². The van der Waals surface area contributed by atoms with E-state index >= 15 is 0 Å². The first kappa shape index (κ1) is 33.5. The van der Waals surface area contributed by atoms with Crippen LogP contribution in [0.3, 0.4) is 0 Å². The Labute approximate surface area is 212 Å². The SMILES string of the molecule is CC(=O)OCC1OC([S-])C(OC(C)=O)C(OC(C)=O)C1OC(C)=O.CC[PH+](CC)CC.[Au+]. The van der Waals surface area contributed by atoms with Gasteiger partial charge in [0.25, 0.3) is 0 Å². The summed E-state index contributed by atoms with van der Waals surface area (Å²) in [4.78, 5) is 45.0. The maximum absolute atomic E-state index is 11.4. The van der Waals surface area contributed by atoms with Crippen molar-refractivity contribution in [2.75, 3.05) is 25.1 Å². The Bertz CT molecular complexity index is 598. The third-order valence-electron chi connectivity index (χ3n) is 4.45. The van der Waals surface area contributed by atoms with Crippen molar-refractivity contribution in [3.05, 3.63) is 0 Å². The maximum atomic E-state index is 11.4. The molecule has 0 bridgehead atoms. The molecule has 1 rings (SSSR count). The summed E-state index contributed by atoms with van der Waals surface area (Å²) >= 11 is 5.11. The fourth-order valence-corrected chi connectivity index (χ4v) is 4.79. The van der Waals surface area contributed by atoms with E-state index in [9.17, 15) is 19.2 Å². The molecule has 5 unspecified atom stereocenters. The van der Waals surface area contributed by atoms with Gasteiger partial charge >= 0.3 is 46.3 Å². The van der Waals surface area contributed by atoms with Crippen LogP contribution in [0, 0.1) is 0 Å². The van der Waals surface area contributed by atoms with Crippen LogP contribution in [0.15, 0.2) is 0 Å². The molecule has 1 aliphatic rings. The third-order valence-corrected chi connectivity index (χ3v) is 7.83. The molecule has 1 saturated heterocycles. The van der Waals surface area contributed by atoms with Gasteiger partial charge in [0.15, 0.2) is 12.2 Å². The van der Waals surface area contributed by atoms with Crippen molar-refractivity contribution in [2.45, 2.75) is 78.3 Å². The molecule has 9 nitrogen and oxygen atoms in total. The molecular weight excluding hydrogens is 644 g/mol. The van der Waals surface area contributed by atoms with Crippen LogP contribution in [0.25, 0.3) is 0 Å². The van der Waals surface area contributed by atoms with Crippen LogP contribution in [0.5, 0.6) is 0 Å². The summed E-state index contributed by atoms with van der Waals surface area (Å²) in [5.74, 6) is -2.62. The van der Waals surface area contributed by atoms with Crippen LogP contribution < -0.4 is 0 Å². The molecule has 0 radical (unpaired) electrons. The molecule has 0 N–H and O–H groups in total.